The lowest BCUT2D eigenvalue weighted by Gasteiger charge is -2.23. The topological polar surface area (TPSA) is 73.1 Å². The van der Waals surface area contributed by atoms with E-state index in [0.717, 1.165) is 36.3 Å². The zero-order valence-electron chi connectivity index (χ0n) is 12.1. The summed E-state index contributed by atoms with van der Waals surface area (Å²) in [6, 6.07) is 1.78. The molecule has 2 heterocycles. The predicted molar refractivity (Wildman–Crippen MR) is 84.2 cm³/mol. The zero-order valence-corrected chi connectivity index (χ0v) is 12.9. The smallest absolute Gasteiger partial charge is 0.191 e. The van der Waals surface area contributed by atoms with Crippen LogP contribution in [0.2, 0.25) is 0 Å². The first kappa shape index (κ1) is 15.4. The molecule has 1 aliphatic heterocycles. The van der Waals surface area contributed by atoms with E-state index in [2.05, 4.69) is 22.2 Å². The van der Waals surface area contributed by atoms with Gasteiger partial charge in [0.2, 0.25) is 0 Å². The lowest BCUT2D eigenvalue weighted by Crippen LogP contribution is -2.27. The summed E-state index contributed by atoms with van der Waals surface area (Å²) in [6.07, 6.45) is 6.18. The summed E-state index contributed by atoms with van der Waals surface area (Å²) in [5.41, 5.74) is 5.84. The third-order valence-electron chi connectivity index (χ3n) is 3.24. The molecule has 0 amide bonds. The van der Waals surface area contributed by atoms with E-state index in [0.29, 0.717) is 5.82 Å². The number of anilines is 2. The molecule has 1 saturated heterocycles. The lowest BCUT2D eigenvalue weighted by atomic mass is 10.1. The van der Waals surface area contributed by atoms with Gasteiger partial charge in [-0.05, 0) is 25.7 Å². The maximum atomic E-state index is 5.84. The third-order valence-corrected chi connectivity index (χ3v) is 4.17. The van der Waals surface area contributed by atoms with Crippen molar-refractivity contribution in [2.24, 2.45) is 0 Å². The van der Waals surface area contributed by atoms with E-state index >= 15 is 0 Å². The zero-order chi connectivity index (χ0) is 14.2. The molecule has 2 rings (SSSR count). The molecular formula is C14H24N4OS. The van der Waals surface area contributed by atoms with Crippen molar-refractivity contribution in [3.63, 3.8) is 0 Å². The average Bonchev–Trinajstić information content (AvgIpc) is 2.46. The second-order valence-corrected chi connectivity index (χ2v) is 6.09. The molecule has 6 heteroatoms. The van der Waals surface area contributed by atoms with Crippen LogP contribution in [0.1, 0.15) is 39.0 Å². The Hall–Kier alpha value is -1.01. The number of rotatable bonds is 7. The molecule has 0 radical (unpaired) electrons. The van der Waals surface area contributed by atoms with Gasteiger partial charge in [0.15, 0.2) is 5.16 Å². The van der Waals surface area contributed by atoms with E-state index in [1.807, 2.05) is 0 Å². The highest BCUT2D eigenvalue weighted by Crippen LogP contribution is 2.20. The molecule has 5 nitrogen and oxygen atoms in total. The van der Waals surface area contributed by atoms with Gasteiger partial charge in [-0.2, -0.15) is 0 Å². The molecule has 0 spiro atoms. The number of nitrogens with two attached hydrogens (primary N) is 1. The molecule has 1 aromatic heterocycles. The van der Waals surface area contributed by atoms with Crippen molar-refractivity contribution in [2.75, 3.05) is 30.0 Å². The van der Waals surface area contributed by atoms with Crippen molar-refractivity contribution in [1.29, 1.82) is 0 Å². The fourth-order valence-corrected chi connectivity index (χ4v) is 3.04. The van der Waals surface area contributed by atoms with Gasteiger partial charge in [-0.1, -0.05) is 25.1 Å². The molecule has 112 valence electrons. The largest absolute Gasteiger partial charge is 0.383 e. The lowest BCUT2D eigenvalue weighted by molar-refractivity contribution is 0.0247. The molecule has 1 aromatic rings. The Morgan fingerprint density at radius 3 is 3.10 bits per heavy atom. The number of aromatic nitrogens is 2. The van der Waals surface area contributed by atoms with Gasteiger partial charge < -0.3 is 15.8 Å². The minimum atomic E-state index is 0.288. The van der Waals surface area contributed by atoms with Crippen LogP contribution < -0.4 is 11.1 Å². The van der Waals surface area contributed by atoms with E-state index < -0.39 is 0 Å². The number of nitrogens with one attached hydrogen (secondary N) is 1. The summed E-state index contributed by atoms with van der Waals surface area (Å²) < 4.78 is 5.70. The molecule has 0 aliphatic carbocycles. The Labute approximate surface area is 125 Å². The van der Waals surface area contributed by atoms with Crippen LogP contribution in [0.25, 0.3) is 0 Å². The fourth-order valence-electron chi connectivity index (χ4n) is 2.09. The first-order valence-electron chi connectivity index (χ1n) is 7.40. The summed E-state index contributed by atoms with van der Waals surface area (Å²) in [7, 11) is 0. The quantitative estimate of drug-likeness (QED) is 0.458. The molecule has 0 aromatic carbocycles. The van der Waals surface area contributed by atoms with Gasteiger partial charge in [-0.3, -0.25) is 0 Å². The van der Waals surface area contributed by atoms with Gasteiger partial charge in [0, 0.05) is 25.0 Å². The van der Waals surface area contributed by atoms with E-state index in [-0.39, 0.29) is 6.10 Å². The van der Waals surface area contributed by atoms with Crippen LogP contribution in [-0.2, 0) is 4.74 Å². The summed E-state index contributed by atoms with van der Waals surface area (Å²) >= 11 is 1.66. The monoisotopic (exact) mass is 296 g/mol. The van der Waals surface area contributed by atoms with E-state index in [1.165, 1.54) is 25.7 Å². The van der Waals surface area contributed by atoms with Crippen molar-refractivity contribution >= 4 is 23.4 Å². The molecule has 3 N–H and O–H groups in total. The Morgan fingerprint density at radius 1 is 1.45 bits per heavy atom. The molecule has 1 aliphatic rings. The highest BCUT2D eigenvalue weighted by molar-refractivity contribution is 7.99. The number of nitrogen functional groups attached to an aromatic ring is 1. The number of nitrogens with zero attached hydrogens (tertiary/aromatic N) is 2. The van der Waals surface area contributed by atoms with Gasteiger partial charge in [0.05, 0.1) is 6.10 Å². The maximum Gasteiger partial charge on any atom is 0.191 e. The van der Waals surface area contributed by atoms with Crippen LogP contribution in [0.5, 0.6) is 0 Å². The first-order valence-corrected chi connectivity index (χ1v) is 8.39. The van der Waals surface area contributed by atoms with Crippen LogP contribution in [0.3, 0.4) is 0 Å². The summed E-state index contributed by atoms with van der Waals surface area (Å²) in [4.78, 5) is 8.75. The van der Waals surface area contributed by atoms with Gasteiger partial charge in [0.25, 0.3) is 0 Å². The van der Waals surface area contributed by atoms with Gasteiger partial charge in [-0.15, -0.1) is 0 Å². The molecule has 1 fully saturated rings. The van der Waals surface area contributed by atoms with Crippen LogP contribution in [-0.4, -0.2) is 35.0 Å². The molecule has 1 atom stereocenters. The Bertz CT molecular complexity index is 410. The first-order chi connectivity index (χ1) is 9.78. The minimum Gasteiger partial charge on any atom is -0.383 e. The van der Waals surface area contributed by atoms with Gasteiger partial charge >= 0.3 is 0 Å². The highest BCUT2D eigenvalue weighted by atomic mass is 32.2. The minimum absolute atomic E-state index is 0.288. The summed E-state index contributed by atoms with van der Waals surface area (Å²) in [5.74, 6) is 2.35. The number of thioether (sulfide) groups is 1. The van der Waals surface area contributed by atoms with E-state index in [4.69, 9.17) is 10.5 Å². The van der Waals surface area contributed by atoms with Crippen molar-refractivity contribution in [3.8, 4) is 0 Å². The predicted octanol–water partition coefficient (Wildman–Crippen LogP) is 2.93. The molecule has 1 unspecified atom stereocenters. The molecule has 0 saturated carbocycles. The van der Waals surface area contributed by atoms with E-state index in [1.54, 1.807) is 17.8 Å². The van der Waals surface area contributed by atoms with Crippen LogP contribution >= 0.6 is 11.8 Å². The van der Waals surface area contributed by atoms with Crippen molar-refractivity contribution in [3.05, 3.63) is 6.07 Å². The Morgan fingerprint density at radius 2 is 2.35 bits per heavy atom. The standard InChI is InChI=1S/C14H24N4OS/c1-2-3-8-20-14-17-12(15)9-13(18-14)16-10-11-6-4-5-7-19-11/h9,11H,2-8,10H2,1H3,(H3,15,16,17,18). The van der Waals surface area contributed by atoms with Gasteiger partial charge in [-0.25, -0.2) is 9.97 Å². The second-order valence-electron chi connectivity index (χ2n) is 5.03. The van der Waals surface area contributed by atoms with Gasteiger partial charge in [0.1, 0.15) is 11.6 Å². The molecule has 20 heavy (non-hydrogen) atoms. The Balaban J connectivity index is 1.86. The van der Waals surface area contributed by atoms with Crippen molar-refractivity contribution < 1.29 is 4.74 Å². The highest BCUT2D eigenvalue weighted by Gasteiger charge is 2.13. The van der Waals surface area contributed by atoms with Crippen LogP contribution in [0, 0.1) is 0 Å². The second kappa shape index (κ2) is 8.32. The fraction of sp³-hybridized carbons (Fsp3) is 0.714. The normalized spacial score (nSPS) is 18.9. The number of ether oxygens (including phenoxy) is 1. The van der Waals surface area contributed by atoms with Crippen molar-refractivity contribution in [1.82, 2.24) is 9.97 Å². The van der Waals surface area contributed by atoms with E-state index in [9.17, 15) is 0 Å². The number of hydrogen-bond donors (Lipinski definition) is 2. The Kier molecular flexibility index (Phi) is 6.39. The van der Waals surface area contributed by atoms with Crippen LogP contribution in [0.15, 0.2) is 11.2 Å². The maximum absolute atomic E-state index is 5.84. The molecular weight excluding hydrogens is 272 g/mol. The average molecular weight is 296 g/mol. The van der Waals surface area contributed by atoms with Crippen molar-refractivity contribution in [2.45, 2.75) is 50.3 Å². The third kappa shape index (κ3) is 5.17. The summed E-state index contributed by atoms with van der Waals surface area (Å²) in [6.45, 7) is 3.84. The number of hydrogen-bond acceptors (Lipinski definition) is 6. The van der Waals surface area contributed by atoms with Crippen LogP contribution in [0.4, 0.5) is 11.6 Å². The summed E-state index contributed by atoms with van der Waals surface area (Å²) in [5, 5.41) is 4.07. The number of unbranched alkanes of at least 4 members (excludes halogenated alkanes) is 1. The SMILES string of the molecule is CCCCSc1nc(N)cc(NCC2CCCCO2)n1. The molecule has 0 bridgehead atoms.